The monoisotopic (exact) mass is 177 g/mol. The van der Waals surface area contributed by atoms with Crippen molar-refractivity contribution in [3.63, 3.8) is 0 Å². The summed E-state index contributed by atoms with van der Waals surface area (Å²) < 4.78 is 4.89. The molecular formula is C9H11N3O. The Morgan fingerprint density at radius 1 is 1.62 bits per heavy atom. The first-order valence-electron chi connectivity index (χ1n) is 3.97. The van der Waals surface area contributed by atoms with E-state index in [1.165, 1.54) is 7.11 Å². The number of methoxy groups -OCH3 is 1. The number of aromatic nitrogens is 2. The van der Waals surface area contributed by atoms with Gasteiger partial charge in [0.2, 0.25) is 6.54 Å². The van der Waals surface area contributed by atoms with Gasteiger partial charge in [-0.2, -0.15) is 4.98 Å². The molecule has 0 aliphatic rings. The number of aryl methyl sites for hydroxylation is 1. The second-order valence-corrected chi connectivity index (χ2v) is 2.62. The van der Waals surface area contributed by atoms with Crippen molar-refractivity contribution in [1.82, 2.24) is 9.97 Å². The topological polar surface area (TPSA) is 39.4 Å². The van der Waals surface area contributed by atoms with Crippen LogP contribution in [0.15, 0.2) is 6.20 Å². The van der Waals surface area contributed by atoms with E-state index in [-0.39, 0.29) is 0 Å². The van der Waals surface area contributed by atoms with Gasteiger partial charge in [-0.05, 0) is 12.5 Å². The van der Waals surface area contributed by atoms with E-state index in [0.717, 1.165) is 11.3 Å². The van der Waals surface area contributed by atoms with Gasteiger partial charge < -0.3 is 9.58 Å². The summed E-state index contributed by atoms with van der Waals surface area (Å²) in [4.78, 5) is 11.4. The largest absolute Gasteiger partial charge is 0.467 e. The molecule has 0 radical (unpaired) electrons. The van der Waals surface area contributed by atoms with Gasteiger partial charge in [-0.25, -0.2) is 11.6 Å². The predicted molar refractivity (Wildman–Crippen MR) is 48.5 cm³/mol. The van der Waals surface area contributed by atoms with Gasteiger partial charge >= 0.3 is 6.01 Å². The SMILES string of the molecule is [C-]#[N+]CCc1nc(OC)ncc1C. The van der Waals surface area contributed by atoms with Gasteiger partial charge in [0, 0.05) is 6.20 Å². The van der Waals surface area contributed by atoms with E-state index in [1.54, 1.807) is 6.20 Å². The third-order valence-electron chi connectivity index (χ3n) is 1.70. The van der Waals surface area contributed by atoms with Crippen LogP contribution in [-0.4, -0.2) is 23.6 Å². The lowest BCUT2D eigenvalue weighted by atomic mass is 10.2. The average Bonchev–Trinajstić information content (AvgIpc) is 2.17. The van der Waals surface area contributed by atoms with Gasteiger partial charge in [-0.1, -0.05) is 0 Å². The maximum Gasteiger partial charge on any atom is 0.316 e. The van der Waals surface area contributed by atoms with Crippen LogP contribution in [0.3, 0.4) is 0 Å². The molecule has 1 aromatic rings. The zero-order valence-electron chi connectivity index (χ0n) is 7.74. The molecule has 0 amide bonds. The van der Waals surface area contributed by atoms with Crippen molar-refractivity contribution in [2.45, 2.75) is 13.3 Å². The van der Waals surface area contributed by atoms with E-state index in [4.69, 9.17) is 11.3 Å². The zero-order chi connectivity index (χ0) is 9.68. The molecule has 0 fully saturated rings. The van der Waals surface area contributed by atoms with E-state index in [9.17, 15) is 0 Å². The minimum absolute atomic E-state index is 0.366. The molecule has 0 aliphatic carbocycles. The highest BCUT2D eigenvalue weighted by Crippen LogP contribution is 2.08. The summed E-state index contributed by atoms with van der Waals surface area (Å²) >= 11 is 0. The van der Waals surface area contributed by atoms with Gasteiger partial charge in [0.05, 0.1) is 19.2 Å². The summed E-state index contributed by atoms with van der Waals surface area (Å²) in [6.07, 6.45) is 2.37. The smallest absolute Gasteiger partial charge is 0.316 e. The third-order valence-corrected chi connectivity index (χ3v) is 1.70. The molecule has 4 heteroatoms. The van der Waals surface area contributed by atoms with E-state index in [2.05, 4.69) is 14.8 Å². The molecule has 68 valence electrons. The quantitative estimate of drug-likeness (QED) is 0.652. The number of hydrogen-bond donors (Lipinski definition) is 0. The lowest BCUT2D eigenvalue weighted by Crippen LogP contribution is -2.00. The fraction of sp³-hybridized carbons (Fsp3) is 0.444. The Hall–Kier alpha value is -1.63. The normalized spacial score (nSPS) is 9.31. The van der Waals surface area contributed by atoms with Crippen LogP contribution in [0.2, 0.25) is 0 Å². The average molecular weight is 177 g/mol. The molecular weight excluding hydrogens is 166 g/mol. The van der Waals surface area contributed by atoms with Crippen molar-refractivity contribution in [2.24, 2.45) is 0 Å². The van der Waals surface area contributed by atoms with Crippen LogP contribution in [0.4, 0.5) is 0 Å². The second-order valence-electron chi connectivity index (χ2n) is 2.62. The molecule has 0 aromatic carbocycles. The summed E-state index contributed by atoms with van der Waals surface area (Å²) in [5.41, 5.74) is 1.90. The highest BCUT2D eigenvalue weighted by Gasteiger charge is 2.04. The van der Waals surface area contributed by atoms with Crippen molar-refractivity contribution >= 4 is 0 Å². The molecule has 0 saturated carbocycles. The molecule has 0 saturated heterocycles. The van der Waals surface area contributed by atoms with E-state index < -0.39 is 0 Å². The molecule has 0 N–H and O–H groups in total. The van der Waals surface area contributed by atoms with Crippen LogP contribution >= 0.6 is 0 Å². The summed E-state index contributed by atoms with van der Waals surface area (Å²) in [6, 6.07) is 0.366. The second kappa shape index (κ2) is 4.41. The van der Waals surface area contributed by atoms with Gasteiger partial charge in [0.1, 0.15) is 0 Å². The first-order chi connectivity index (χ1) is 6.27. The van der Waals surface area contributed by atoms with Crippen molar-refractivity contribution in [1.29, 1.82) is 0 Å². The summed E-state index contributed by atoms with van der Waals surface area (Å²) in [6.45, 7) is 9.06. The van der Waals surface area contributed by atoms with Crippen LogP contribution < -0.4 is 4.74 Å². The summed E-state index contributed by atoms with van der Waals surface area (Å²) in [5, 5.41) is 0. The van der Waals surface area contributed by atoms with Gasteiger partial charge in [-0.15, -0.1) is 0 Å². The maximum atomic E-state index is 6.67. The Balaban J connectivity index is 2.85. The van der Waals surface area contributed by atoms with Crippen molar-refractivity contribution in [3.05, 3.63) is 28.9 Å². The number of rotatable bonds is 3. The minimum Gasteiger partial charge on any atom is -0.467 e. The third kappa shape index (κ3) is 2.41. The van der Waals surface area contributed by atoms with Gasteiger partial charge in [-0.3, -0.25) is 0 Å². The Kier molecular flexibility index (Phi) is 3.21. The zero-order valence-corrected chi connectivity index (χ0v) is 7.74. The van der Waals surface area contributed by atoms with E-state index in [1.807, 2.05) is 6.92 Å². The fourth-order valence-electron chi connectivity index (χ4n) is 0.972. The van der Waals surface area contributed by atoms with Crippen LogP contribution in [0.25, 0.3) is 4.85 Å². The van der Waals surface area contributed by atoms with E-state index >= 15 is 0 Å². The number of ether oxygens (including phenoxy) is 1. The van der Waals surface area contributed by atoms with Crippen LogP contribution in [0.5, 0.6) is 6.01 Å². The van der Waals surface area contributed by atoms with Gasteiger partial charge in [0.25, 0.3) is 0 Å². The maximum absolute atomic E-state index is 6.67. The predicted octanol–water partition coefficient (Wildman–Crippen LogP) is 1.26. The highest BCUT2D eigenvalue weighted by molar-refractivity contribution is 5.18. The van der Waals surface area contributed by atoms with Crippen LogP contribution in [0, 0.1) is 13.5 Å². The molecule has 0 atom stereocenters. The fourth-order valence-corrected chi connectivity index (χ4v) is 0.972. The van der Waals surface area contributed by atoms with Gasteiger partial charge in [0.15, 0.2) is 0 Å². The van der Waals surface area contributed by atoms with Crippen molar-refractivity contribution in [2.75, 3.05) is 13.7 Å². The lowest BCUT2D eigenvalue weighted by Gasteiger charge is -2.02. The summed E-state index contributed by atoms with van der Waals surface area (Å²) in [5.74, 6) is 0. The molecule has 13 heavy (non-hydrogen) atoms. The Labute approximate surface area is 77.4 Å². The van der Waals surface area contributed by atoms with Crippen LogP contribution in [0.1, 0.15) is 11.3 Å². The number of hydrogen-bond acceptors (Lipinski definition) is 3. The Morgan fingerprint density at radius 3 is 3.00 bits per heavy atom. The Morgan fingerprint density at radius 2 is 2.38 bits per heavy atom. The molecule has 0 spiro atoms. The summed E-state index contributed by atoms with van der Waals surface area (Å²) in [7, 11) is 1.53. The minimum atomic E-state index is 0.366. The Bertz CT molecular complexity index is 330. The highest BCUT2D eigenvalue weighted by atomic mass is 16.5. The molecule has 1 aromatic heterocycles. The van der Waals surface area contributed by atoms with Crippen LogP contribution in [-0.2, 0) is 6.42 Å². The number of nitrogens with zero attached hydrogens (tertiary/aromatic N) is 3. The molecule has 1 rings (SSSR count). The van der Waals surface area contributed by atoms with E-state index in [0.29, 0.717) is 19.0 Å². The molecule has 4 nitrogen and oxygen atoms in total. The van der Waals surface area contributed by atoms with Crippen molar-refractivity contribution in [3.8, 4) is 6.01 Å². The lowest BCUT2D eigenvalue weighted by molar-refractivity contribution is 0.377. The molecule has 0 bridgehead atoms. The standard InChI is InChI=1S/C9H11N3O/c1-7-6-11-9(13-3)12-8(7)4-5-10-2/h6H,4-5H2,1,3H3. The molecule has 1 heterocycles. The van der Waals surface area contributed by atoms with Crippen molar-refractivity contribution < 1.29 is 4.74 Å². The molecule has 0 unspecified atom stereocenters. The molecule has 0 aliphatic heterocycles. The first kappa shape index (κ1) is 9.46. The first-order valence-corrected chi connectivity index (χ1v) is 3.97.